The van der Waals surface area contributed by atoms with Gasteiger partial charge >= 0.3 is 0 Å². The van der Waals surface area contributed by atoms with E-state index >= 15 is 0 Å². The molecule has 66 heavy (non-hydrogen) atoms. The molecule has 0 fully saturated rings. The van der Waals surface area contributed by atoms with E-state index in [1.807, 2.05) is 48.5 Å². The fraction of sp³-hybridized carbons (Fsp3) is 0.133. The number of rotatable bonds is 4. The molecule has 0 radical (unpaired) electrons. The summed E-state index contributed by atoms with van der Waals surface area (Å²) in [5, 5.41) is 0. The van der Waals surface area contributed by atoms with Crippen molar-refractivity contribution in [1.82, 2.24) is 0 Å². The van der Waals surface area contributed by atoms with Crippen molar-refractivity contribution in [3.8, 4) is 0 Å². The zero-order valence-electron chi connectivity index (χ0n) is 38.6. The van der Waals surface area contributed by atoms with Crippen LogP contribution in [0.5, 0.6) is 0 Å². The van der Waals surface area contributed by atoms with Crippen molar-refractivity contribution in [2.45, 2.75) is 75.0 Å². The Hall–Kier alpha value is -6.86. The average Bonchev–Trinajstić information content (AvgIpc) is 3.31. The van der Waals surface area contributed by atoms with Crippen molar-refractivity contribution >= 4 is 42.0 Å². The van der Waals surface area contributed by atoms with E-state index in [1.165, 1.54) is 0 Å². The molecular formula is C60H52O4S2. The molecule has 328 valence electrons. The largest absolute Gasteiger partial charge is 0.219 e. The number of sulfone groups is 2. The number of benzene rings is 8. The van der Waals surface area contributed by atoms with Crippen LogP contribution in [0.15, 0.2) is 189 Å². The fourth-order valence-electron chi connectivity index (χ4n) is 9.23. The van der Waals surface area contributed by atoms with Gasteiger partial charge in [-0.25, -0.2) is 16.8 Å². The highest BCUT2D eigenvalue weighted by Gasteiger charge is 2.26. The van der Waals surface area contributed by atoms with Gasteiger partial charge in [-0.15, -0.1) is 0 Å². The first-order chi connectivity index (χ1) is 31.5. The summed E-state index contributed by atoms with van der Waals surface area (Å²) in [6.07, 6.45) is 0. The molecule has 0 unspecified atom stereocenters. The molecule has 7 aliphatic heterocycles. The Bertz CT molecular complexity index is 3060. The summed E-state index contributed by atoms with van der Waals surface area (Å²) in [6, 6.07) is 54.3. The minimum Gasteiger partial charge on any atom is -0.219 e. The van der Waals surface area contributed by atoms with Gasteiger partial charge in [0, 0.05) is 0 Å². The van der Waals surface area contributed by atoms with Gasteiger partial charge in [0.2, 0.25) is 19.7 Å². The van der Waals surface area contributed by atoms with Crippen molar-refractivity contribution in [2.24, 2.45) is 0 Å². The Morgan fingerprint density at radius 3 is 0.606 bits per heavy atom. The predicted molar refractivity (Wildman–Crippen MR) is 270 cm³/mol. The Balaban J connectivity index is 1.37. The molecule has 0 saturated heterocycles. The highest BCUT2D eigenvalue weighted by atomic mass is 32.2. The summed E-state index contributed by atoms with van der Waals surface area (Å²) in [6.45, 7) is 16.6. The van der Waals surface area contributed by atoms with Crippen molar-refractivity contribution < 1.29 is 16.8 Å². The molecule has 15 rings (SSSR count). The zero-order valence-corrected chi connectivity index (χ0v) is 40.2. The van der Waals surface area contributed by atoms with Crippen molar-refractivity contribution in [2.75, 3.05) is 0 Å². The highest BCUT2D eigenvalue weighted by molar-refractivity contribution is 7.91. The Kier molecular flexibility index (Phi) is 11.5. The Labute approximate surface area is 390 Å². The lowest BCUT2D eigenvalue weighted by Crippen LogP contribution is -2.06. The van der Waals surface area contributed by atoms with E-state index in [9.17, 15) is 16.8 Å². The molecule has 8 aromatic rings. The third-order valence-corrected chi connectivity index (χ3v) is 16.5. The van der Waals surface area contributed by atoms with Crippen LogP contribution in [0.4, 0.5) is 0 Å². The molecule has 0 aromatic heterocycles. The topological polar surface area (TPSA) is 68.3 Å². The Morgan fingerprint density at radius 2 is 0.424 bits per heavy atom. The molecule has 0 atom stereocenters. The standard InChI is InChI=1S/C60H52O4S2/c1-37-9-13-41(5)53(33-37)57-45-17-25-49(26-18-45)65(61,62)51-29-21-47(22-30-51)59(55-35-39(3)11-15-43(55)7)60(56-36-40(4)12-16-44(56)8)48-23-31-52(32-24-48)66(63,64)50-27-19-46(20-28-50)58(57)54-34-38(2)10-14-42(54)6/h9-36H,1-8H3. The lowest BCUT2D eigenvalue weighted by Gasteiger charge is -2.22. The van der Waals surface area contributed by atoms with E-state index in [0.29, 0.717) is 0 Å². The monoisotopic (exact) mass is 900 g/mol. The van der Waals surface area contributed by atoms with Crippen LogP contribution in [-0.4, -0.2) is 16.8 Å². The summed E-state index contributed by atoms with van der Waals surface area (Å²) >= 11 is 0. The maximum atomic E-state index is 14.7. The van der Waals surface area contributed by atoms with Gasteiger partial charge in [0.15, 0.2) is 0 Å². The van der Waals surface area contributed by atoms with Crippen LogP contribution in [-0.2, 0) is 19.7 Å². The molecule has 7 aliphatic rings. The lowest BCUT2D eigenvalue weighted by atomic mass is 9.82. The summed E-state index contributed by atoms with van der Waals surface area (Å²) in [5.41, 5.74) is 19.5. The molecule has 8 aromatic carbocycles. The Morgan fingerprint density at radius 1 is 0.242 bits per heavy atom. The van der Waals surface area contributed by atoms with Crippen LogP contribution in [0.2, 0.25) is 0 Å². The summed E-state index contributed by atoms with van der Waals surface area (Å²) in [4.78, 5) is 0.744. The summed E-state index contributed by atoms with van der Waals surface area (Å²) in [5.74, 6) is 0. The summed E-state index contributed by atoms with van der Waals surface area (Å²) in [7, 11) is -7.91. The fourth-order valence-corrected chi connectivity index (χ4v) is 11.8. The first-order valence-corrected chi connectivity index (χ1v) is 25.2. The minimum atomic E-state index is -3.96. The smallest absolute Gasteiger partial charge is 0.206 e. The molecule has 8 bridgehead atoms. The first-order valence-electron chi connectivity index (χ1n) is 22.2. The SMILES string of the molecule is Cc1ccc(C)c(C2=C(c3cc(C)ccc3C)c3ccc(cc3)S(=O)(=O)c3ccc(cc3)C(c3cc(C)ccc3C)=C(c3cc(C)ccc3C)c3ccc(cc3)S(=O)(=O)c3ccc2cc3)c1. The average molecular weight is 901 g/mol. The molecular weight excluding hydrogens is 849 g/mol. The van der Waals surface area contributed by atoms with Gasteiger partial charge in [-0.1, -0.05) is 144 Å². The van der Waals surface area contributed by atoms with E-state index in [2.05, 4.69) is 128 Å². The van der Waals surface area contributed by atoms with E-state index in [0.717, 1.165) is 111 Å². The minimum absolute atomic E-state index is 0.186. The number of hydrogen-bond acceptors (Lipinski definition) is 4. The molecule has 0 amide bonds. The van der Waals surface area contributed by atoms with Crippen LogP contribution in [0.25, 0.3) is 22.3 Å². The molecule has 6 heteroatoms. The van der Waals surface area contributed by atoms with Crippen LogP contribution in [0.1, 0.15) is 89.0 Å². The van der Waals surface area contributed by atoms with Gasteiger partial charge in [0.1, 0.15) is 0 Å². The van der Waals surface area contributed by atoms with Gasteiger partial charge < -0.3 is 0 Å². The van der Waals surface area contributed by atoms with Crippen LogP contribution >= 0.6 is 0 Å². The number of aryl methyl sites for hydroxylation is 8. The van der Waals surface area contributed by atoms with Crippen LogP contribution in [0, 0.1) is 55.4 Å². The van der Waals surface area contributed by atoms with Crippen LogP contribution in [0.3, 0.4) is 0 Å². The second-order valence-electron chi connectivity index (χ2n) is 17.9. The van der Waals surface area contributed by atoms with Crippen molar-refractivity contribution in [3.05, 3.63) is 259 Å². The normalized spacial score (nSPS) is 14.4. The molecule has 4 nitrogen and oxygen atoms in total. The maximum Gasteiger partial charge on any atom is 0.206 e. The van der Waals surface area contributed by atoms with Crippen molar-refractivity contribution in [3.63, 3.8) is 0 Å². The zero-order chi connectivity index (χ0) is 46.7. The molecule has 0 aliphatic carbocycles. The lowest BCUT2D eigenvalue weighted by molar-refractivity contribution is 0.594. The highest BCUT2D eigenvalue weighted by Crippen LogP contribution is 2.43. The molecule has 0 spiro atoms. The summed E-state index contributed by atoms with van der Waals surface area (Å²) < 4.78 is 58.7. The van der Waals surface area contributed by atoms with Crippen LogP contribution < -0.4 is 0 Å². The predicted octanol–water partition coefficient (Wildman–Crippen LogP) is 14.1. The molecule has 7 heterocycles. The van der Waals surface area contributed by atoms with E-state index in [-0.39, 0.29) is 19.6 Å². The van der Waals surface area contributed by atoms with Gasteiger partial charge in [-0.05, 0) is 193 Å². The maximum absolute atomic E-state index is 14.7. The van der Waals surface area contributed by atoms with Crippen molar-refractivity contribution in [1.29, 1.82) is 0 Å². The quantitative estimate of drug-likeness (QED) is 0.176. The second-order valence-corrected chi connectivity index (χ2v) is 21.8. The molecule has 0 saturated carbocycles. The van der Waals surface area contributed by atoms with E-state index < -0.39 is 19.7 Å². The second kappa shape index (κ2) is 17.2. The van der Waals surface area contributed by atoms with E-state index in [4.69, 9.17) is 0 Å². The van der Waals surface area contributed by atoms with Gasteiger partial charge in [0.25, 0.3) is 0 Å². The van der Waals surface area contributed by atoms with Gasteiger partial charge in [-0.3, -0.25) is 0 Å². The van der Waals surface area contributed by atoms with Gasteiger partial charge in [-0.2, -0.15) is 0 Å². The third kappa shape index (κ3) is 8.10. The van der Waals surface area contributed by atoms with Gasteiger partial charge in [0.05, 0.1) is 19.6 Å². The molecule has 0 N–H and O–H groups in total. The number of hydrogen-bond donors (Lipinski definition) is 0. The first kappa shape index (κ1) is 44.3. The van der Waals surface area contributed by atoms with E-state index in [1.54, 1.807) is 48.5 Å². The third-order valence-electron chi connectivity index (χ3n) is 13.0.